The van der Waals surface area contributed by atoms with Crippen LogP contribution < -0.4 is 0 Å². The number of rotatable bonds is 2. The van der Waals surface area contributed by atoms with Crippen molar-refractivity contribution < 1.29 is 4.79 Å². The van der Waals surface area contributed by atoms with E-state index in [4.69, 9.17) is 0 Å². The predicted octanol–water partition coefficient (Wildman–Crippen LogP) is 1.66. The first-order valence-corrected chi connectivity index (χ1v) is 4.27. The fourth-order valence-corrected chi connectivity index (χ4v) is 1.27. The first-order chi connectivity index (χ1) is 5.25. The molecule has 0 N–H and O–H groups in total. The molecule has 0 aromatic carbocycles. The summed E-state index contributed by atoms with van der Waals surface area (Å²) in [6, 6.07) is 0. The van der Waals surface area contributed by atoms with Crippen molar-refractivity contribution in [3.63, 3.8) is 0 Å². The number of amides is 1. The highest BCUT2D eigenvalue weighted by Gasteiger charge is 2.10. The minimum Gasteiger partial charge on any atom is -0.341 e. The lowest BCUT2D eigenvalue weighted by Crippen LogP contribution is -2.25. The van der Waals surface area contributed by atoms with Crippen molar-refractivity contribution in [2.45, 2.75) is 6.92 Å². The molecule has 0 spiro atoms. The predicted molar refractivity (Wildman–Crippen MR) is 52.0 cm³/mol. The third kappa shape index (κ3) is 2.46. The second kappa shape index (κ2) is 5.11. The van der Waals surface area contributed by atoms with Gasteiger partial charge in [-0.05, 0) is 6.92 Å². The third-order valence-corrected chi connectivity index (χ3v) is 2.23. The molecule has 0 saturated carbocycles. The van der Waals surface area contributed by atoms with Gasteiger partial charge in [0.05, 0.1) is 11.7 Å². The summed E-state index contributed by atoms with van der Waals surface area (Å²) in [5.41, 5.74) is 1.66. The minimum absolute atomic E-state index is 0. The maximum absolute atomic E-state index is 11.3. The molecule has 0 bridgehead atoms. The van der Waals surface area contributed by atoms with Crippen molar-refractivity contribution in [2.24, 2.45) is 0 Å². The third-order valence-electron chi connectivity index (χ3n) is 1.46. The molecule has 1 amide bonds. The molecule has 3 nitrogen and oxygen atoms in total. The normalized spacial score (nSPS) is 8.83. The monoisotopic (exact) mass is 206 g/mol. The zero-order valence-corrected chi connectivity index (χ0v) is 8.61. The summed E-state index contributed by atoms with van der Waals surface area (Å²) >= 11 is 1.37. The summed E-state index contributed by atoms with van der Waals surface area (Å²) in [5, 5.41) is 0. The van der Waals surface area contributed by atoms with Crippen LogP contribution in [0.1, 0.15) is 16.6 Å². The molecule has 1 aromatic rings. The summed E-state index contributed by atoms with van der Waals surface area (Å²) in [6.45, 7) is 2.68. The van der Waals surface area contributed by atoms with Gasteiger partial charge in [0.25, 0.3) is 5.91 Å². The SMILES string of the molecule is CCN(C)C(=O)c1cncs1.Cl. The van der Waals surface area contributed by atoms with Gasteiger partial charge in [-0.2, -0.15) is 0 Å². The zero-order chi connectivity index (χ0) is 8.27. The van der Waals surface area contributed by atoms with Crippen molar-refractivity contribution in [1.29, 1.82) is 0 Å². The van der Waals surface area contributed by atoms with Crippen LogP contribution in [0.2, 0.25) is 0 Å². The van der Waals surface area contributed by atoms with E-state index in [0.717, 1.165) is 6.54 Å². The van der Waals surface area contributed by atoms with Crippen LogP contribution >= 0.6 is 23.7 Å². The van der Waals surface area contributed by atoms with E-state index in [0.29, 0.717) is 4.88 Å². The maximum atomic E-state index is 11.3. The van der Waals surface area contributed by atoms with Gasteiger partial charge < -0.3 is 4.90 Å². The Morgan fingerprint density at radius 2 is 2.42 bits per heavy atom. The van der Waals surface area contributed by atoms with Gasteiger partial charge in [-0.15, -0.1) is 23.7 Å². The molecule has 0 aliphatic carbocycles. The molecule has 0 aliphatic rings. The number of carbonyl (C=O) groups excluding carboxylic acids is 1. The quantitative estimate of drug-likeness (QED) is 0.738. The smallest absolute Gasteiger partial charge is 0.265 e. The number of carbonyl (C=O) groups is 1. The second-order valence-electron chi connectivity index (χ2n) is 2.19. The Morgan fingerprint density at radius 3 is 2.83 bits per heavy atom. The van der Waals surface area contributed by atoms with Gasteiger partial charge in [-0.3, -0.25) is 9.78 Å². The summed E-state index contributed by atoms with van der Waals surface area (Å²) < 4.78 is 0. The van der Waals surface area contributed by atoms with Crippen LogP contribution in [-0.2, 0) is 0 Å². The maximum Gasteiger partial charge on any atom is 0.265 e. The number of hydrogen-bond acceptors (Lipinski definition) is 3. The Bertz CT molecular complexity index is 238. The molecule has 68 valence electrons. The van der Waals surface area contributed by atoms with Gasteiger partial charge in [0.15, 0.2) is 0 Å². The van der Waals surface area contributed by atoms with Gasteiger partial charge in [0.2, 0.25) is 0 Å². The fourth-order valence-electron chi connectivity index (χ4n) is 0.653. The van der Waals surface area contributed by atoms with E-state index in [1.807, 2.05) is 6.92 Å². The van der Waals surface area contributed by atoms with Gasteiger partial charge in [-0.1, -0.05) is 0 Å². The summed E-state index contributed by atoms with van der Waals surface area (Å²) in [4.78, 5) is 17.5. The standard InChI is InChI=1S/C7H10N2OS.ClH/c1-3-9(2)7(10)6-4-8-5-11-6;/h4-5H,3H2,1-2H3;1H. The van der Waals surface area contributed by atoms with Gasteiger partial charge in [-0.25, -0.2) is 0 Å². The second-order valence-corrected chi connectivity index (χ2v) is 3.07. The fraction of sp³-hybridized carbons (Fsp3) is 0.429. The van der Waals surface area contributed by atoms with E-state index in [1.54, 1.807) is 23.7 Å². The highest BCUT2D eigenvalue weighted by molar-refractivity contribution is 7.11. The Kier molecular flexibility index (Phi) is 4.85. The molecule has 1 heterocycles. The Labute approximate surface area is 81.8 Å². The Hall–Kier alpha value is -0.610. The molecule has 0 atom stereocenters. The van der Waals surface area contributed by atoms with Gasteiger partial charge in [0, 0.05) is 13.6 Å². The molecule has 1 aromatic heterocycles. The lowest BCUT2D eigenvalue weighted by atomic mass is 10.4. The Balaban J connectivity index is 0.00000121. The molecule has 0 unspecified atom stereocenters. The summed E-state index contributed by atoms with van der Waals surface area (Å²) in [7, 11) is 1.78. The molecule has 0 radical (unpaired) electrons. The first kappa shape index (κ1) is 11.4. The number of nitrogens with zero attached hydrogens (tertiary/aromatic N) is 2. The molecule has 0 aliphatic heterocycles. The number of thiazole rings is 1. The molecular weight excluding hydrogens is 196 g/mol. The van der Waals surface area contributed by atoms with Gasteiger partial charge >= 0.3 is 0 Å². The molecule has 0 saturated heterocycles. The lowest BCUT2D eigenvalue weighted by molar-refractivity contribution is 0.0807. The molecule has 0 fully saturated rings. The van der Waals surface area contributed by atoms with E-state index < -0.39 is 0 Å². The summed E-state index contributed by atoms with van der Waals surface area (Å²) in [6.07, 6.45) is 1.60. The van der Waals surface area contributed by atoms with Crippen molar-refractivity contribution in [3.8, 4) is 0 Å². The van der Waals surface area contributed by atoms with Crippen LogP contribution in [0, 0.1) is 0 Å². The highest BCUT2D eigenvalue weighted by Crippen LogP contribution is 2.07. The van der Waals surface area contributed by atoms with Crippen LogP contribution in [0.5, 0.6) is 0 Å². The molecular formula is C7H11ClN2OS. The first-order valence-electron chi connectivity index (χ1n) is 3.39. The lowest BCUT2D eigenvalue weighted by Gasteiger charge is -2.11. The van der Waals surface area contributed by atoms with Crippen LogP contribution in [-0.4, -0.2) is 29.4 Å². The number of aromatic nitrogens is 1. The van der Waals surface area contributed by atoms with Crippen LogP contribution in [0.25, 0.3) is 0 Å². The van der Waals surface area contributed by atoms with Crippen molar-refractivity contribution in [3.05, 3.63) is 16.6 Å². The van der Waals surface area contributed by atoms with E-state index >= 15 is 0 Å². The molecule has 5 heteroatoms. The van der Waals surface area contributed by atoms with Crippen molar-refractivity contribution in [2.75, 3.05) is 13.6 Å². The van der Waals surface area contributed by atoms with Crippen molar-refractivity contribution >= 4 is 29.7 Å². The summed E-state index contributed by atoms with van der Waals surface area (Å²) in [5.74, 6) is 0.0509. The average Bonchev–Trinajstić information content (AvgIpc) is 2.53. The van der Waals surface area contributed by atoms with Crippen molar-refractivity contribution in [1.82, 2.24) is 9.88 Å². The number of hydrogen-bond donors (Lipinski definition) is 0. The van der Waals surface area contributed by atoms with E-state index in [1.165, 1.54) is 11.3 Å². The average molecular weight is 207 g/mol. The van der Waals surface area contributed by atoms with Gasteiger partial charge in [0.1, 0.15) is 4.88 Å². The highest BCUT2D eigenvalue weighted by atomic mass is 35.5. The molecule has 12 heavy (non-hydrogen) atoms. The Morgan fingerprint density at radius 1 is 1.75 bits per heavy atom. The van der Waals surface area contributed by atoms with E-state index in [9.17, 15) is 4.79 Å². The van der Waals surface area contributed by atoms with Crippen LogP contribution in [0.3, 0.4) is 0 Å². The van der Waals surface area contributed by atoms with E-state index in [-0.39, 0.29) is 18.3 Å². The molecule has 1 rings (SSSR count). The largest absolute Gasteiger partial charge is 0.341 e. The van der Waals surface area contributed by atoms with Crippen LogP contribution in [0.4, 0.5) is 0 Å². The topological polar surface area (TPSA) is 33.2 Å². The van der Waals surface area contributed by atoms with Crippen LogP contribution in [0.15, 0.2) is 11.7 Å². The van der Waals surface area contributed by atoms with E-state index in [2.05, 4.69) is 4.98 Å². The minimum atomic E-state index is 0. The number of halogens is 1. The zero-order valence-electron chi connectivity index (χ0n) is 6.98.